The van der Waals surface area contributed by atoms with Crippen molar-refractivity contribution in [3.05, 3.63) is 29.8 Å². The van der Waals surface area contributed by atoms with E-state index in [0.717, 1.165) is 12.8 Å². The minimum atomic E-state index is -0.262. The van der Waals surface area contributed by atoms with Crippen LogP contribution in [-0.2, 0) is 0 Å². The van der Waals surface area contributed by atoms with Crippen LogP contribution in [0, 0.1) is 17.2 Å². The molecule has 2 rings (SSSR count). The predicted molar refractivity (Wildman–Crippen MR) is 78.1 cm³/mol. The third-order valence-electron chi connectivity index (χ3n) is 3.79. The molecule has 1 unspecified atom stereocenters. The third-order valence-corrected chi connectivity index (χ3v) is 3.79. The first-order chi connectivity index (χ1) is 9.72. The number of carbonyl (C=O) groups excluding carboxylic acids is 1. The van der Waals surface area contributed by atoms with Crippen molar-refractivity contribution < 1.29 is 4.79 Å². The highest BCUT2D eigenvalue weighted by molar-refractivity contribution is 5.89. The number of nitrogens with two attached hydrogens (primary N) is 1. The van der Waals surface area contributed by atoms with E-state index in [4.69, 9.17) is 11.0 Å². The summed E-state index contributed by atoms with van der Waals surface area (Å²) in [5.74, 6) is 0.483. The van der Waals surface area contributed by atoms with Crippen molar-refractivity contribution in [3.8, 4) is 6.07 Å². The van der Waals surface area contributed by atoms with E-state index >= 15 is 0 Å². The van der Waals surface area contributed by atoms with Crippen LogP contribution in [0.25, 0.3) is 0 Å². The van der Waals surface area contributed by atoms with Crippen molar-refractivity contribution >= 4 is 11.7 Å². The van der Waals surface area contributed by atoms with Gasteiger partial charge in [0.2, 0.25) is 0 Å². The topological polar surface area (TPSA) is 90.9 Å². The van der Waals surface area contributed by atoms with Gasteiger partial charge < -0.3 is 16.4 Å². The van der Waals surface area contributed by atoms with Crippen molar-refractivity contribution in [3.63, 3.8) is 0 Å². The van der Waals surface area contributed by atoms with Gasteiger partial charge in [0.15, 0.2) is 0 Å². The fourth-order valence-electron chi connectivity index (χ4n) is 2.73. The summed E-state index contributed by atoms with van der Waals surface area (Å²) in [6.07, 6.45) is 4.70. The van der Waals surface area contributed by atoms with Crippen LogP contribution in [0.3, 0.4) is 0 Å². The Balaban J connectivity index is 1.92. The maximum atomic E-state index is 12.0. The number of hydrogen-bond acceptors (Lipinski definition) is 3. The van der Waals surface area contributed by atoms with Gasteiger partial charge in [-0.15, -0.1) is 0 Å². The molecule has 5 heteroatoms. The van der Waals surface area contributed by atoms with Gasteiger partial charge in [-0.2, -0.15) is 5.26 Å². The van der Waals surface area contributed by atoms with Gasteiger partial charge in [0.05, 0.1) is 11.6 Å². The van der Waals surface area contributed by atoms with Crippen molar-refractivity contribution in [2.24, 2.45) is 11.7 Å². The number of hydrogen-bond donors (Lipinski definition) is 3. The smallest absolute Gasteiger partial charge is 0.319 e. The van der Waals surface area contributed by atoms with E-state index in [1.54, 1.807) is 24.3 Å². The van der Waals surface area contributed by atoms with E-state index in [-0.39, 0.29) is 12.1 Å². The molecule has 0 bridgehead atoms. The molecule has 4 N–H and O–H groups in total. The van der Waals surface area contributed by atoms with Gasteiger partial charge in [0.25, 0.3) is 0 Å². The molecular formula is C15H20N4O. The quantitative estimate of drug-likeness (QED) is 0.784. The van der Waals surface area contributed by atoms with Crippen molar-refractivity contribution in [1.29, 1.82) is 5.26 Å². The summed E-state index contributed by atoms with van der Waals surface area (Å²) in [7, 11) is 0. The van der Waals surface area contributed by atoms with E-state index in [0.29, 0.717) is 23.7 Å². The van der Waals surface area contributed by atoms with Crippen LogP contribution in [0.4, 0.5) is 10.5 Å². The predicted octanol–water partition coefficient (Wildman–Crippen LogP) is 2.20. The Morgan fingerprint density at radius 2 is 2.20 bits per heavy atom. The van der Waals surface area contributed by atoms with Crippen LogP contribution >= 0.6 is 0 Å². The largest absolute Gasteiger partial charge is 0.334 e. The average molecular weight is 272 g/mol. The molecule has 1 aliphatic rings. The molecule has 0 aliphatic heterocycles. The Kier molecular flexibility index (Phi) is 4.97. The van der Waals surface area contributed by atoms with Crippen molar-refractivity contribution in [1.82, 2.24) is 5.32 Å². The zero-order chi connectivity index (χ0) is 14.4. The molecule has 1 aromatic rings. The molecule has 1 fully saturated rings. The molecule has 2 amide bonds. The highest BCUT2D eigenvalue weighted by Crippen LogP contribution is 2.27. The summed E-state index contributed by atoms with van der Waals surface area (Å²) in [4.78, 5) is 12.0. The van der Waals surface area contributed by atoms with Crippen LogP contribution in [0.5, 0.6) is 0 Å². The number of nitrogens with one attached hydrogen (secondary N) is 2. The zero-order valence-electron chi connectivity index (χ0n) is 11.4. The zero-order valence-corrected chi connectivity index (χ0v) is 11.4. The van der Waals surface area contributed by atoms with E-state index in [1.165, 1.54) is 12.8 Å². The number of benzene rings is 1. The molecule has 1 aliphatic carbocycles. The van der Waals surface area contributed by atoms with Gasteiger partial charge in [-0.3, -0.25) is 0 Å². The fourth-order valence-corrected chi connectivity index (χ4v) is 2.73. The Morgan fingerprint density at radius 3 is 2.85 bits per heavy atom. The van der Waals surface area contributed by atoms with Crippen molar-refractivity contribution in [2.45, 2.75) is 31.7 Å². The maximum absolute atomic E-state index is 12.0. The van der Waals surface area contributed by atoms with Gasteiger partial charge in [-0.05, 0) is 37.0 Å². The van der Waals surface area contributed by atoms with Gasteiger partial charge in [-0.1, -0.05) is 18.9 Å². The number of rotatable bonds is 4. The Bertz CT molecular complexity index is 503. The van der Waals surface area contributed by atoms with Gasteiger partial charge >= 0.3 is 6.03 Å². The molecule has 0 saturated heterocycles. The molecule has 1 aromatic carbocycles. The second-order valence-corrected chi connectivity index (χ2v) is 5.18. The van der Waals surface area contributed by atoms with Gasteiger partial charge in [0.1, 0.15) is 0 Å². The molecule has 1 atom stereocenters. The Morgan fingerprint density at radius 1 is 1.45 bits per heavy atom. The second kappa shape index (κ2) is 6.92. The molecule has 0 radical (unpaired) electrons. The number of anilines is 1. The fraction of sp³-hybridized carbons (Fsp3) is 0.467. The first kappa shape index (κ1) is 14.4. The SMILES string of the molecule is N#Cc1cccc(NC(=O)NC(CN)C2CCCC2)c1. The van der Waals surface area contributed by atoms with Crippen LogP contribution in [0.15, 0.2) is 24.3 Å². The van der Waals surface area contributed by atoms with Gasteiger partial charge in [0, 0.05) is 18.3 Å². The molecule has 0 spiro atoms. The minimum absolute atomic E-state index is 0.0247. The molecule has 5 nitrogen and oxygen atoms in total. The normalized spacial score (nSPS) is 16.4. The first-order valence-corrected chi connectivity index (χ1v) is 7.00. The third kappa shape index (κ3) is 3.72. The van der Waals surface area contributed by atoms with Crippen LogP contribution in [0.2, 0.25) is 0 Å². The van der Waals surface area contributed by atoms with Crippen LogP contribution in [0.1, 0.15) is 31.2 Å². The number of amides is 2. The molecule has 0 heterocycles. The number of carbonyl (C=O) groups is 1. The standard InChI is InChI=1S/C15H20N4O/c16-9-11-4-3-7-13(8-11)18-15(20)19-14(10-17)12-5-1-2-6-12/h3-4,7-8,12,14H,1-2,5-6,10,17H2,(H2,18,19,20). The lowest BCUT2D eigenvalue weighted by Crippen LogP contribution is -2.46. The molecule has 0 aromatic heterocycles. The summed E-state index contributed by atoms with van der Waals surface area (Å²) in [5, 5.41) is 14.5. The monoisotopic (exact) mass is 272 g/mol. The molecular weight excluding hydrogens is 252 g/mol. The lowest BCUT2D eigenvalue weighted by Gasteiger charge is -2.23. The van der Waals surface area contributed by atoms with E-state index in [1.807, 2.05) is 6.07 Å². The molecule has 1 saturated carbocycles. The number of urea groups is 1. The maximum Gasteiger partial charge on any atom is 0.319 e. The van der Waals surface area contributed by atoms with E-state index in [9.17, 15) is 4.79 Å². The van der Waals surface area contributed by atoms with E-state index in [2.05, 4.69) is 10.6 Å². The molecule has 20 heavy (non-hydrogen) atoms. The highest BCUT2D eigenvalue weighted by Gasteiger charge is 2.25. The summed E-state index contributed by atoms with van der Waals surface area (Å²) >= 11 is 0. The first-order valence-electron chi connectivity index (χ1n) is 7.00. The Hall–Kier alpha value is -2.06. The average Bonchev–Trinajstić information content (AvgIpc) is 2.99. The Labute approximate surface area is 119 Å². The highest BCUT2D eigenvalue weighted by atomic mass is 16.2. The molecule has 106 valence electrons. The summed E-state index contributed by atoms with van der Waals surface area (Å²) < 4.78 is 0. The van der Waals surface area contributed by atoms with Crippen LogP contribution < -0.4 is 16.4 Å². The van der Waals surface area contributed by atoms with E-state index < -0.39 is 0 Å². The lowest BCUT2D eigenvalue weighted by atomic mass is 9.98. The summed E-state index contributed by atoms with van der Waals surface area (Å²) in [5.41, 5.74) is 6.89. The lowest BCUT2D eigenvalue weighted by molar-refractivity contribution is 0.243. The summed E-state index contributed by atoms with van der Waals surface area (Å²) in [6, 6.07) is 8.65. The number of nitrogens with zero attached hydrogens (tertiary/aromatic N) is 1. The second-order valence-electron chi connectivity index (χ2n) is 5.18. The number of nitriles is 1. The minimum Gasteiger partial charge on any atom is -0.334 e. The van der Waals surface area contributed by atoms with Crippen molar-refractivity contribution in [2.75, 3.05) is 11.9 Å². The van der Waals surface area contributed by atoms with Crippen LogP contribution in [-0.4, -0.2) is 18.6 Å². The van der Waals surface area contributed by atoms with Gasteiger partial charge in [-0.25, -0.2) is 4.79 Å². The summed E-state index contributed by atoms with van der Waals surface area (Å²) in [6.45, 7) is 0.455.